The third-order valence-electron chi connectivity index (χ3n) is 7.29. The van der Waals surface area contributed by atoms with Crippen molar-refractivity contribution in [3.05, 3.63) is 13.2 Å². The van der Waals surface area contributed by atoms with Crippen molar-refractivity contribution in [2.24, 2.45) is 5.73 Å². The number of aliphatic carboxylic acids is 1. The van der Waals surface area contributed by atoms with E-state index in [1.54, 1.807) is 6.92 Å². The van der Waals surface area contributed by atoms with E-state index in [9.17, 15) is 33.6 Å². The number of nitrogens with two attached hydrogens (primary N) is 1. The Morgan fingerprint density at radius 3 is 1.56 bits per heavy atom. The van der Waals surface area contributed by atoms with E-state index in [0.717, 1.165) is 65.1 Å². The van der Waals surface area contributed by atoms with Gasteiger partial charge in [-0.15, -0.1) is 5.06 Å². The minimum absolute atomic E-state index is 0. The lowest BCUT2D eigenvalue weighted by molar-refractivity contribution is -0.657. The fourth-order valence-corrected chi connectivity index (χ4v) is 4.10. The molecule has 29 nitrogen and oxygen atoms in total. The highest BCUT2D eigenvalue weighted by molar-refractivity contribution is 6.00. The first-order valence-electron chi connectivity index (χ1n) is 22.5. The number of imide groups is 1. The number of carboxylic acids is 1. The van der Waals surface area contributed by atoms with E-state index in [0.29, 0.717) is 18.0 Å². The Bertz CT molecular complexity index is 1360. The van der Waals surface area contributed by atoms with Gasteiger partial charge in [-0.05, 0) is 77.1 Å². The quantitative estimate of drug-likeness (QED) is 0.0101. The Morgan fingerprint density at radius 1 is 0.731 bits per heavy atom. The molecule has 0 aromatic heterocycles. The number of methoxy groups -OCH3 is 1. The zero-order valence-corrected chi connectivity index (χ0v) is 43.5. The van der Waals surface area contributed by atoms with Gasteiger partial charge in [0.1, 0.15) is 38.0 Å². The number of likely N-dealkylation sites (N-methyl/N-ethyl adjacent to an activating group) is 2. The number of nitrogens with one attached hydrogen (secondary N) is 3. The second kappa shape index (κ2) is 83.3. The molecule has 7 N–H and O–H groups in total. The third-order valence-corrected chi connectivity index (χ3v) is 7.29. The van der Waals surface area contributed by atoms with Crippen LogP contribution in [0.25, 0.3) is 0 Å². The molecule has 0 aliphatic carbocycles. The summed E-state index contributed by atoms with van der Waals surface area (Å²) in [6.45, 7) is 22.3. The maximum atomic E-state index is 11.6. The molecule has 29 heteroatoms. The maximum Gasteiger partial charge on any atom is 0.344 e. The van der Waals surface area contributed by atoms with Gasteiger partial charge in [0, 0.05) is 78.7 Å². The van der Waals surface area contributed by atoms with Gasteiger partial charge >= 0.3 is 17.9 Å². The molecule has 1 aliphatic heterocycles. The van der Waals surface area contributed by atoms with Crippen LogP contribution in [0.3, 0.4) is 0 Å². The predicted octanol–water partition coefficient (Wildman–Crippen LogP) is 2.29. The highest BCUT2D eigenvalue weighted by atomic mass is 17.7. The van der Waals surface area contributed by atoms with Crippen molar-refractivity contribution in [3.63, 3.8) is 0 Å². The molecule has 0 aromatic rings. The first kappa shape index (κ1) is 102. The van der Waals surface area contributed by atoms with Crippen LogP contribution in [0, 0.1) is 0 Å². The van der Waals surface area contributed by atoms with Crippen LogP contribution in [-0.2, 0) is 96.9 Å². The van der Waals surface area contributed by atoms with E-state index in [2.05, 4.69) is 97.0 Å². The minimum atomic E-state index is -1.11. The molecule has 0 aromatic carbocycles. The topological polar surface area (TPSA) is 367 Å². The highest BCUT2D eigenvalue weighted by Gasteiger charge is 2.31. The van der Waals surface area contributed by atoms with Crippen molar-refractivity contribution in [1.29, 1.82) is 0 Å². The van der Waals surface area contributed by atoms with Gasteiger partial charge in [0.25, 0.3) is 17.7 Å². The van der Waals surface area contributed by atoms with Crippen LogP contribution in [0.15, 0.2) is 13.2 Å². The second-order valence-corrected chi connectivity index (χ2v) is 13.4. The molecule has 0 saturated carbocycles. The molecule has 1 heterocycles. The van der Waals surface area contributed by atoms with Crippen LogP contribution in [0.4, 0.5) is 0 Å². The van der Waals surface area contributed by atoms with Gasteiger partial charge in [-0.25, -0.2) is 48.4 Å². The number of amides is 3. The molecular weight excluding hydrogens is 1040 g/mol. The smallest absolute Gasteiger partial charge is 0.344 e. The average molecular weight is 1150 g/mol. The van der Waals surface area contributed by atoms with E-state index in [1.165, 1.54) is 46.0 Å². The first-order valence-corrected chi connectivity index (χ1v) is 22.5. The van der Waals surface area contributed by atoms with Crippen molar-refractivity contribution in [3.8, 4) is 0 Å². The van der Waals surface area contributed by atoms with Gasteiger partial charge in [0.15, 0.2) is 25.9 Å². The van der Waals surface area contributed by atoms with Crippen LogP contribution in [0.5, 0.6) is 0 Å². The van der Waals surface area contributed by atoms with Crippen LogP contribution in [-0.4, -0.2) is 224 Å². The Morgan fingerprint density at radius 2 is 1.18 bits per heavy atom. The fraction of sp³-hybridized carbons (Fsp3) is 0.776. The second-order valence-electron chi connectivity index (χ2n) is 13.4. The minimum Gasteiger partial charge on any atom is -0.479 e. The molecule has 0 spiro atoms. The predicted molar refractivity (Wildman–Crippen MR) is 296 cm³/mol. The summed E-state index contributed by atoms with van der Waals surface area (Å²) in [5, 5.41) is 33.9. The van der Waals surface area contributed by atoms with E-state index in [1.807, 2.05) is 21.0 Å². The Kier molecular flexibility index (Phi) is 109. The van der Waals surface area contributed by atoms with E-state index in [4.69, 9.17) is 35.0 Å². The number of aliphatic hydroxyl groups excluding tert-OH is 1. The number of nitrogens with zero attached hydrogens (tertiary/aromatic N) is 3. The summed E-state index contributed by atoms with van der Waals surface area (Å²) in [5.41, 5.74) is 5.47. The number of hydroxylamine groups is 2. The summed E-state index contributed by atoms with van der Waals surface area (Å²) in [4.78, 5) is 123. The molecule has 2 unspecified atom stereocenters. The molecule has 2 atom stereocenters. The van der Waals surface area contributed by atoms with Gasteiger partial charge in [-0.1, -0.05) is 70.3 Å². The van der Waals surface area contributed by atoms with Gasteiger partial charge in [0.2, 0.25) is 0 Å². The Hall–Kier alpha value is -5.01. The normalized spacial score (nSPS) is 10.9. The SMILES string of the molecule is C.C.C.C.C.C.C=C=O.C=C=O.CC(O)COOCCOOCC(=O)O.CCC=O.CCCN(CCN)CCNC.CCCN(CCNC)CCNC(=O)COC(=O)COC(=O)C(C)OC.COOOON1C(=O)CCC1=O. The van der Waals surface area contributed by atoms with Gasteiger partial charge in [-0.2, -0.15) is 0 Å². The largest absolute Gasteiger partial charge is 0.479 e. The summed E-state index contributed by atoms with van der Waals surface area (Å²) >= 11 is 0. The van der Waals surface area contributed by atoms with Crippen LogP contribution < -0.4 is 21.7 Å². The summed E-state index contributed by atoms with van der Waals surface area (Å²) < 4.78 is 14.2. The highest BCUT2D eigenvalue weighted by Crippen LogP contribution is 2.12. The molecule has 470 valence electrons. The van der Waals surface area contributed by atoms with Gasteiger partial charge in [0.05, 0.1) is 13.2 Å². The first-order chi connectivity index (χ1) is 34.4. The number of ether oxygens (including phenoxy) is 3. The lowest BCUT2D eigenvalue weighted by atomic mass is 10.4. The monoisotopic (exact) mass is 1150 g/mol. The van der Waals surface area contributed by atoms with Gasteiger partial charge < -0.3 is 60.7 Å². The Balaban J connectivity index is -0.0000000713. The molecular formula is C49H107N7O22. The molecule has 78 heavy (non-hydrogen) atoms. The number of hydrogen-bond donors (Lipinski definition) is 6. The number of carboxylic acid groups (broad SMARTS) is 1. The molecule has 0 bridgehead atoms. The Labute approximate surface area is 466 Å². The number of carbonyl (C=O) groups is 7. The lowest BCUT2D eigenvalue weighted by Crippen LogP contribution is -2.39. The molecule has 3 amide bonds. The van der Waals surface area contributed by atoms with Gasteiger partial charge in [-0.3, -0.25) is 14.4 Å². The number of aliphatic hydroxyl groups is 1. The summed E-state index contributed by atoms with van der Waals surface area (Å²) in [7, 11) is 6.41. The summed E-state index contributed by atoms with van der Waals surface area (Å²) in [6.07, 6.45) is 2.65. The van der Waals surface area contributed by atoms with E-state index >= 15 is 0 Å². The number of esters is 2. The standard InChI is InChI=1S/C16H31N3O6.C8H21N3.C7H14O7.C5H7NO6.C3H6O.2C2H2O.6CH4/c1-5-8-19(9-6-17-3)10-7-18-14(20)11-24-15(21)12-25-16(22)13(2)23-4;1-3-6-11(7-4-9)8-5-10-2;1-6(8)4-13-11-2-3-12-14-5-7(9)10;1-9-11-12-10-6-4(7)2-3-5(6)8;1-2-3-4;2*1-2-3;;;;;;/h13,17H,5-12H2,1-4H3,(H,18,20);10H,3-9H2,1-2H3;6,8H,2-5H2,1H3,(H,9,10);2-3H2,1H3;3H,2H2,1H3;2*1H2;6*1H4. The summed E-state index contributed by atoms with van der Waals surface area (Å²) in [6, 6.07) is 0. The third kappa shape index (κ3) is 84.9. The number of rotatable bonds is 35. The number of hydrogen-bond acceptors (Lipinski definition) is 26. The van der Waals surface area contributed by atoms with Crippen molar-refractivity contribution >= 4 is 53.8 Å². The number of aldehydes is 1. The van der Waals surface area contributed by atoms with Crippen molar-refractivity contribution in [2.45, 2.75) is 123 Å². The summed E-state index contributed by atoms with van der Waals surface area (Å²) in [5.74, 6) is -1.40. The maximum absolute atomic E-state index is 11.6. The van der Waals surface area contributed by atoms with E-state index < -0.39 is 67.7 Å². The fourth-order valence-electron chi connectivity index (χ4n) is 4.10. The zero-order valence-electron chi connectivity index (χ0n) is 43.5. The van der Waals surface area contributed by atoms with Crippen LogP contribution >= 0.6 is 0 Å². The molecule has 0 radical (unpaired) electrons. The lowest BCUT2D eigenvalue weighted by Gasteiger charge is -2.21. The van der Waals surface area contributed by atoms with Crippen molar-refractivity contribution < 1.29 is 107 Å². The molecule has 1 fully saturated rings. The van der Waals surface area contributed by atoms with Crippen LogP contribution in [0.2, 0.25) is 0 Å². The molecule has 1 aliphatic rings. The average Bonchev–Trinajstić information content (AvgIpc) is 3.67. The zero-order chi connectivity index (χ0) is 56.2. The van der Waals surface area contributed by atoms with Crippen LogP contribution in [0.1, 0.15) is 111 Å². The number of carbonyl (C=O) groups excluding carboxylic acids is 8. The van der Waals surface area contributed by atoms with E-state index in [-0.39, 0.29) is 77.2 Å². The van der Waals surface area contributed by atoms with Crippen molar-refractivity contribution in [1.82, 2.24) is 30.8 Å². The molecule has 1 saturated heterocycles. The van der Waals surface area contributed by atoms with Crippen molar-refractivity contribution in [2.75, 3.05) is 133 Å². The molecule has 1 rings (SSSR count).